The normalized spacial score (nSPS) is 16.5. The summed E-state index contributed by atoms with van der Waals surface area (Å²) >= 11 is 1.99. The SMILES string of the molecule is C=C(F)C(=O)N(CCC#N)CCN(I)c1nc(OC[C@@H]2C[C@@H](OC)CN2C)nc2c(F)c(-c3cncc4cccc(C)c34)ncc12. The number of likely N-dealkylation sites (tertiary alicyclic amines) is 1. The van der Waals surface area contributed by atoms with Crippen molar-refractivity contribution in [3.8, 4) is 23.3 Å². The molecule has 0 radical (unpaired) electrons. The first-order chi connectivity index (χ1) is 22.1. The second kappa shape index (κ2) is 14.6. The van der Waals surface area contributed by atoms with E-state index >= 15 is 4.39 Å². The minimum atomic E-state index is -1.12. The molecule has 240 valence electrons. The zero-order chi connectivity index (χ0) is 33.0. The molecule has 0 saturated carbocycles. The molecule has 0 N–H and O–H groups in total. The van der Waals surface area contributed by atoms with E-state index in [2.05, 4.69) is 31.4 Å². The molecule has 2 atom stereocenters. The number of methoxy groups -OCH3 is 1. The fourth-order valence-corrected chi connectivity index (χ4v) is 6.20. The number of anilines is 1. The van der Waals surface area contributed by atoms with Gasteiger partial charge in [0.15, 0.2) is 17.5 Å². The molecule has 14 heteroatoms. The summed E-state index contributed by atoms with van der Waals surface area (Å²) in [5.74, 6) is -2.38. The van der Waals surface area contributed by atoms with Gasteiger partial charge in [-0.15, -0.1) is 0 Å². The highest BCUT2D eigenvalue weighted by Gasteiger charge is 2.30. The predicted molar refractivity (Wildman–Crippen MR) is 179 cm³/mol. The van der Waals surface area contributed by atoms with Crippen molar-refractivity contribution in [1.29, 1.82) is 5.26 Å². The first kappa shape index (κ1) is 33.3. The van der Waals surface area contributed by atoms with E-state index in [4.69, 9.17) is 14.7 Å². The summed E-state index contributed by atoms with van der Waals surface area (Å²) in [5.41, 5.74) is 1.56. The van der Waals surface area contributed by atoms with Gasteiger partial charge in [-0.2, -0.15) is 15.2 Å². The minimum absolute atomic E-state index is 0.00125. The fourth-order valence-electron chi connectivity index (χ4n) is 5.61. The molecule has 1 amide bonds. The number of pyridine rings is 2. The highest BCUT2D eigenvalue weighted by molar-refractivity contribution is 14.1. The maximum Gasteiger partial charge on any atom is 0.319 e. The molecule has 0 aliphatic carbocycles. The average molecular weight is 743 g/mol. The van der Waals surface area contributed by atoms with Gasteiger partial charge in [0.25, 0.3) is 5.91 Å². The molecule has 46 heavy (non-hydrogen) atoms. The standard InChI is InChI=1S/C32H33F2IN8O3/c1-19-7-5-8-21-14-37-15-24(26(19)21)28-27(34)29-25(16-38-28)30(43(35)12-11-42(10-6-9-36)31(44)20(2)33)40-32(39-29)46-18-22-13-23(45-4)17-41(22)3/h5,7-8,14-16,22-23H,2,6,10-13,17-18H2,1,3-4H3/t22-,23+/m0/s1. The molecule has 5 rings (SSSR count). The second-order valence-corrected chi connectivity index (χ2v) is 12.2. The smallest absolute Gasteiger partial charge is 0.319 e. The van der Waals surface area contributed by atoms with Gasteiger partial charge >= 0.3 is 6.01 Å². The zero-order valence-corrected chi connectivity index (χ0v) is 27.9. The number of carbonyl (C=O) groups is 1. The van der Waals surface area contributed by atoms with E-state index in [1.807, 2.05) is 61.1 Å². The van der Waals surface area contributed by atoms with E-state index in [0.717, 1.165) is 29.3 Å². The van der Waals surface area contributed by atoms with Crippen molar-refractivity contribution >= 4 is 56.3 Å². The van der Waals surface area contributed by atoms with Crippen molar-refractivity contribution < 1.29 is 23.0 Å². The van der Waals surface area contributed by atoms with Gasteiger partial charge in [0.2, 0.25) is 0 Å². The van der Waals surface area contributed by atoms with E-state index in [0.29, 0.717) is 16.8 Å². The number of likely N-dealkylation sites (N-methyl/N-ethyl adjacent to an activating group) is 1. The monoisotopic (exact) mass is 742 g/mol. The first-order valence-corrected chi connectivity index (χ1v) is 15.6. The molecular formula is C32H33F2IN8O3. The van der Waals surface area contributed by atoms with Crippen LogP contribution in [0.15, 0.2) is 49.2 Å². The van der Waals surface area contributed by atoms with E-state index in [1.54, 1.807) is 22.6 Å². The van der Waals surface area contributed by atoms with Crippen LogP contribution in [0.3, 0.4) is 0 Å². The molecule has 11 nitrogen and oxygen atoms in total. The summed E-state index contributed by atoms with van der Waals surface area (Å²) in [6, 6.07) is 7.75. The number of hydrogen-bond acceptors (Lipinski definition) is 10. The van der Waals surface area contributed by atoms with Crippen LogP contribution in [0.25, 0.3) is 32.9 Å². The molecule has 1 aliphatic rings. The lowest BCUT2D eigenvalue weighted by molar-refractivity contribution is -0.128. The van der Waals surface area contributed by atoms with Crippen LogP contribution >= 0.6 is 22.9 Å². The number of fused-ring (bicyclic) bond motifs is 2. The minimum Gasteiger partial charge on any atom is -0.462 e. The maximum atomic E-state index is 16.6. The molecule has 1 fully saturated rings. The van der Waals surface area contributed by atoms with Gasteiger partial charge < -0.3 is 14.4 Å². The van der Waals surface area contributed by atoms with Gasteiger partial charge in [0, 0.05) is 68.9 Å². The van der Waals surface area contributed by atoms with Crippen molar-refractivity contribution in [2.75, 3.05) is 50.1 Å². The van der Waals surface area contributed by atoms with Crippen LogP contribution in [0.5, 0.6) is 6.01 Å². The van der Waals surface area contributed by atoms with Crippen molar-refractivity contribution in [2.24, 2.45) is 0 Å². The molecule has 1 aromatic carbocycles. The fraction of sp³-hybridized carbons (Fsp3) is 0.375. The number of hydrogen-bond donors (Lipinski definition) is 0. The first-order valence-electron chi connectivity index (χ1n) is 14.6. The lowest BCUT2D eigenvalue weighted by Crippen LogP contribution is -2.37. The maximum absolute atomic E-state index is 16.6. The zero-order valence-electron chi connectivity index (χ0n) is 25.7. The Morgan fingerprint density at radius 1 is 1.24 bits per heavy atom. The molecule has 0 spiro atoms. The Kier molecular flexibility index (Phi) is 10.5. The van der Waals surface area contributed by atoms with Gasteiger partial charge in [-0.05, 0) is 31.3 Å². The molecule has 4 aromatic rings. The summed E-state index contributed by atoms with van der Waals surface area (Å²) < 4.78 is 43.5. The number of ether oxygens (including phenoxy) is 2. The van der Waals surface area contributed by atoms with E-state index in [-0.39, 0.29) is 62.0 Å². The number of halogens is 3. The number of amides is 1. The van der Waals surface area contributed by atoms with Crippen LogP contribution in [0.2, 0.25) is 0 Å². The number of benzene rings is 1. The number of carbonyl (C=O) groups excluding carboxylic acids is 1. The molecule has 4 heterocycles. The van der Waals surface area contributed by atoms with Crippen LogP contribution in [-0.4, -0.2) is 94.7 Å². The van der Waals surface area contributed by atoms with Crippen LogP contribution in [-0.2, 0) is 9.53 Å². The van der Waals surface area contributed by atoms with E-state index in [1.165, 1.54) is 11.1 Å². The van der Waals surface area contributed by atoms with Gasteiger partial charge in [0.1, 0.15) is 17.8 Å². The van der Waals surface area contributed by atoms with Crippen molar-refractivity contribution in [1.82, 2.24) is 29.7 Å². The summed E-state index contributed by atoms with van der Waals surface area (Å²) in [5, 5.41) is 11.0. The third-order valence-corrected chi connectivity index (χ3v) is 9.03. The largest absolute Gasteiger partial charge is 0.462 e. The third kappa shape index (κ3) is 7.01. The topological polar surface area (TPSA) is 121 Å². The number of nitrogens with zero attached hydrogens (tertiary/aromatic N) is 8. The Balaban J connectivity index is 1.55. The Bertz CT molecular complexity index is 1820. The summed E-state index contributed by atoms with van der Waals surface area (Å²) in [6.07, 6.45) is 5.67. The Morgan fingerprint density at radius 2 is 2.04 bits per heavy atom. The second-order valence-electron chi connectivity index (χ2n) is 11.1. The Morgan fingerprint density at radius 3 is 2.76 bits per heavy atom. The highest BCUT2D eigenvalue weighted by Crippen LogP contribution is 2.36. The van der Waals surface area contributed by atoms with E-state index in [9.17, 15) is 9.18 Å². The summed E-state index contributed by atoms with van der Waals surface area (Å²) in [7, 11) is 3.66. The van der Waals surface area contributed by atoms with E-state index < -0.39 is 17.6 Å². The summed E-state index contributed by atoms with van der Waals surface area (Å²) in [6.45, 7) is 6.29. The molecule has 0 unspecified atom stereocenters. The highest BCUT2D eigenvalue weighted by atomic mass is 127. The van der Waals surface area contributed by atoms with Crippen LogP contribution < -0.4 is 7.85 Å². The molecular weight excluding hydrogens is 709 g/mol. The third-order valence-electron chi connectivity index (χ3n) is 8.09. The molecule has 1 aliphatic heterocycles. The van der Waals surface area contributed by atoms with Crippen LogP contribution in [0, 0.1) is 24.1 Å². The average Bonchev–Trinajstić information content (AvgIpc) is 3.42. The van der Waals surface area contributed by atoms with Gasteiger partial charge in [-0.25, -0.2) is 8.78 Å². The Labute approximate surface area is 279 Å². The van der Waals surface area contributed by atoms with Gasteiger partial charge in [-0.1, -0.05) is 24.8 Å². The molecule has 0 bridgehead atoms. The quantitative estimate of drug-likeness (QED) is 0.109. The van der Waals surface area contributed by atoms with Gasteiger partial charge in [-0.3, -0.25) is 22.8 Å². The Hall–Kier alpha value is -4.07. The lowest BCUT2D eigenvalue weighted by atomic mass is 10.00. The van der Waals surface area contributed by atoms with Crippen LogP contribution in [0.1, 0.15) is 18.4 Å². The van der Waals surface area contributed by atoms with Crippen molar-refractivity contribution in [3.05, 3.63) is 60.6 Å². The number of aromatic nitrogens is 4. The van der Waals surface area contributed by atoms with Gasteiger partial charge in [0.05, 0.1) is 46.8 Å². The molecule has 3 aromatic heterocycles. The van der Waals surface area contributed by atoms with Crippen LogP contribution in [0.4, 0.5) is 14.6 Å². The predicted octanol–water partition coefficient (Wildman–Crippen LogP) is 5.17. The van der Waals surface area contributed by atoms with Crippen molar-refractivity contribution in [2.45, 2.75) is 31.9 Å². The number of rotatable bonds is 12. The molecule has 1 saturated heterocycles. The van der Waals surface area contributed by atoms with Crippen molar-refractivity contribution in [3.63, 3.8) is 0 Å². The number of nitriles is 1. The summed E-state index contributed by atoms with van der Waals surface area (Å²) in [4.78, 5) is 33.7. The lowest BCUT2D eigenvalue weighted by Gasteiger charge is -2.25. The number of aryl methyl sites for hydroxylation is 1.